The molecule has 136 valence electrons. The molecule has 26 heavy (non-hydrogen) atoms. The molecule has 1 heterocycles. The van der Waals surface area contributed by atoms with Gasteiger partial charge < -0.3 is 9.73 Å². The lowest BCUT2D eigenvalue weighted by molar-refractivity contribution is -0.126. The Morgan fingerprint density at radius 2 is 1.73 bits per heavy atom. The number of hydrogen-bond donors (Lipinski definition) is 1. The third-order valence-corrected chi connectivity index (χ3v) is 6.62. The predicted octanol–water partition coefficient (Wildman–Crippen LogP) is 4.36. The Balaban J connectivity index is 1.19. The number of rotatable bonds is 5. The van der Waals surface area contributed by atoms with Gasteiger partial charge in [-0.2, -0.15) is 0 Å². The molecule has 0 spiro atoms. The molecule has 4 aliphatic rings. The van der Waals surface area contributed by atoms with Crippen molar-refractivity contribution < 1.29 is 9.21 Å². The second-order valence-corrected chi connectivity index (χ2v) is 8.73. The fraction of sp³-hybridized carbons (Fsp3) is 0.545. The monoisotopic (exact) mass is 350 g/mol. The fourth-order valence-corrected chi connectivity index (χ4v) is 6.00. The van der Waals surface area contributed by atoms with Crippen molar-refractivity contribution in [2.24, 2.45) is 17.8 Å². The third-order valence-electron chi connectivity index (χ3n) is 6.62. The minimum Gasteiger partial charge on any atom is -0.441 e. The summed E-state index contributed by atoms with van der Waals surface area (Å²) in [5.74, 6) is 4.11. The van der Waals surface area contributed by atoms with Gasteiger partial charge in [0.15, 0.2) is 11.7 Å². The van der Waals surface area contributed by atoms with Gasteiger partial charge in [0.1, 0.15) is 0 Å². The van der Waals surface area contributed by atoms with Crippen molar-refractivity contribution in [1.29, 1.82) is 0 Å². The van der Waals surface area contributed by atoms with E-state index in [0.717, 1.165) is 29.1 Å². The van der Waals surface area contributed by atoms with Crippen molar-refractivity contribution in [2.75, 3.05) is 0 Å². The molecular formula is C22H26N2O2. The number of carbonyl (C=O) groups is 1. The van der Waals surface area contributed by atoms with E-state index in [1.165, 1.54) is 38.5 Å². The molecule has 1 N–H and O–H groups in total. The summed E-state index contributed by atoms with van der Waals surface area (Å²) in [5, 5.41) is 3.42. The molecule has 1 aromatic carbocycles. The van der Waals surface area contributed by atoms with Gasteiger partial charge in [-0.3, -0.25) is 4.79 Å². The molecule has 0 unspecified atom stereocenters. The number of nitrogens with one attached hydrogen (secondary N) is 1. The van der Waals surface area contributed by atoms with E-state index in [1.54, 1.807) is 6.20 Å². The van der Waals surface area contributed by atoms with Crippen LogP contribution in [-0.4, -0.2) is 16.4 Å². The minimum atomic E-state index is 0.0949. The summed E-state index contributed by atoms with van der Waals surface area (Å²) < 4.78 is 5.82. The van der Waals surface area contributed by atoms with Crippen LogP contribution in [0.4, 0.5) is 0 Å². The molecule has 4 fully saturated rings. The molecule has 0 radical (unpaired) electrons. The Morgan fingerprint density at radius 1 is 1.08 bits per heavy atom. The van der Waals surface area contributed by atoms with E-state index in [1.807, 2.05) is 30.3 Å². The van der Waals surface area contributed by atoms with E-state index < -0.39 is 0 Å². The average molecular weight is 350 g/mol. The normalized spacial score (nSPS) is 31.9. The van der Waals surface area contributed by atoms with Crippen LogP contribution in [-0.2, 0) is 11.2 Å². The second-order valence-electron chi connectivity index (χ2n) is 8.73. The van der Waals surface area contributed by atoms with Gasteiger partial charge >= 0.3 is 0 Å². The number of amides is 1. The van der Waals surface area contributed by atoms with Crippen molar-refractivity contribution in [2.45, 2.75) is 56.9 Å². The number of carbonyl (C=O) groups excluding carboxylic acids is 1. The number of hydrogen-bond acceptors (Lipinski definition) is 3. The molecule has 4 aliphatic carbocycles. The van der Waals surface area contributed by atoms with Crippen LogP contribution in [0.15, 0.2) is 40.9 Å². The van der Waals surface area contributed by atoms with Gasteiger partial charge in [-0.25, -0.2) is 4.98 Å². The first-order chi connectivity index (χ1) is 12.7. The van der Waals surface area contributed by atoms with Crippen LogP contribution in [0.25, 0.3) is 11.3 Å². The zero-order valence-electron chi connectivity index (χ0n) is 15.1. The van der Waals surface area contributed by atoms with Crippen LogP contribution in [0, 0.1) is 17.8 Å². The SMILES string of the molecule is O=C(CCc1ncc(-c2ccccc2)o1)NC12CC3CC(CC(C3)C1)C2. The molecular weight excluding hydrogens is 324 g/mol. The van der Waals surface area contributed by atoms with Gasteiger partial charge in [0.05, 0.1) is 6.20 Å². The lowest BCUT2D eigenvalue weighted by Crippen LogP contribution is -2.59. The standard InChI is InChI=1S/C22H26N2O2/c25-20(24-22-11-15-8-16(12-22)10-17(9-15)13-22)6-7-21-23-14-19(26-21)18-4-2-1-3-5-18/h1-5,14-17H,6-13H2,(H,24,25). The van der Waals surface area contributed by atoms with Crippen LogP contribution in [0.5, 0.6) is 0 Å². The second kappa shape index (κ2) is 6.26. The van der Waals surface area contributed by atoms with Gasteiger partial charge in [-0.05, 0) is 56.3 Å². The highest BCUT2D eigenvalue weighted by atomic mass is 16.4. The Hall–Kier alpha value is -2.10. The van der Waals surface area contributed by atoms with Crippen LogP contribution >= 0.6 is 0 Å². The summed E-state index contributed by atoms with van der Waals surface area (Å²) in [4.78, 5) is 16.9. The quantitative estimate of drug-likeness (QED) is 0.872. The van der Waals surface area contributed by atoms with E-state index in [9.17, 15) is 4.79 Å². The highest BCUT2D eigenvalue weighted by Crippen LogP contribution is 2.55. The molecule has 1 aromatic heterocycles. The van der Waals surface area contributed by atoms with E-state index in [4.69, 9.17) is 4.42 Å². The van der Waals surface area contributed by atoms with Gasteiger partial charge in [0, 0.05) is 23.9 Å². The Morgan fingerprint density at radius 3 is 2.38 bits per heavy atom. The molecule has 4 heteroatoms. The number of nitrogens with zero attached hydrogens (tertiary/aromatic N) is 1. The lowest BCUT2D eigenvalue weighted by Gasteiger charge is -2.56. The van der Waals surface area contributed by atoms with E-state index in [-0.39, 0.29) is 11.4 Å². The molecule has 4 bridgehead atoms. The van der Waals surface area contributed by atoms with Crippen molar-refractivity contribution in [1.82, 2.24) is 10.3 Å². The van der Waals surface area contributed by atoms with Crippen molar-refractivity contribution >= 4 is 5.91 Å². The molecule has 0 atom stereocenters. The highest BCUT2D eigenvalue weighted by Gasteiger charge is 2.51. The highest BCUT2D eigenvalue weighted by molar-refractivity contribution is 5.77. The Bertz CT molecular complexity index is 760. The van der Waals surface area contributed by atoms with Crippen LogP contribution in [0.1, 0.15) is 50.8 Å². The van der Waals surface area contributed by atoms with Crippen molar-refractivity contribution in [3.8, 4) is 11.3 Å². The Labute approximate surface area is 154 Å². The van der Waals surface area contributed by atoms with Crippen LogP contribution < -0.4 is 5.32 Å². The lowest BCUT2D eigenvalue weighted by atomic mass is 9.53. The molecule has 0 aliphatic heterocycles. The third kappa shape index (κ3) is 3.06. The summed E-state index contributed by atoms with van der Waals surface area (Å²) >= 11 is 0. The number of benzene rings is 1. The smallest absolute Gasteiger partial charge is 0.220 e. The first kappa shape index (κ1) is 16.1. The van der Waals surface area contributed by atoms with Gasteiger partial charge in [-0.15, -0.1) is 0 Å². The summed E-state index contributed by atoms with van der Waals surface area (Å²) in [6, 6.07) is 9.95. The number of oxazole rings is 1. The summed E-state index contributed by atoms with van der Waals surface area (Å²) in [6.07, 6.45) is 10.5. The molecule has 4 nitrogen and oxygen atoms in total. The zero-order valence-corrected chi connectivity index (χ0v) is 15.1. The summed E-state index contributed by atoms with van der Waals surface area (Å²) in [6.45, 7) is 0. The average Bonchev–Trinajstić information content (AvgIpc) is 3.08. The van der Waals surface area contributed by atoms with Crippen molar-refractivity contribution in [3.05, 3.63) is 42.4 Å². The largest absolute Gasteiger partial charge is 0.441 e. The van der Waals surface area contributed by atoms with Gasteiger partial charge in [0.25, 0.3) is 0 Å². The maximum atomic E-state index is 12.6. The van der Waals surface area contributed by atoms with Gasteiger partial charge in [0.2, 0.25) is 5.91 Å². The topological polar surface area (TPSA) is 55.1 Å². The fourth-order valence-electron chi connectivity index (χ4n) is 6.00. The first-order valence-electron chi connectivity index (χ1n) is 9.99. The maximum Gasteiger partial charge on any atom is 0.220 e. The number of aryl methyl sites for hydroxylation is 1. The van der Waals surface area contributed by atoms with E-state index >= 15 is 0 Å². The minimum absolute atomic E-state index is 0.0949. The molecule has 2 aromatic rings. The molecule has 0 saturated heterocycles. The number of aromatic nitrogens is 1. The van der Waals surface area contributed by atoms with E-state index in [0.29, 0.717) is 18.7 Å². The van der Waals surface area contributed by atoms with E-state index in [2.05, 4.69) is 10.3 Å². The molecule has 6 rings (SSSR count). The molecule has 4 saturated carbocycles. The van der Waals surface area contributed by atoms with Crippen LogP contribution in [0.3, 0.4) is 0 Å². The summed E-state index contributed by atoms with van der Waals surface area (Å²) in [5.41, 5.74) is 1.11. The maximum absolute atomic E-state index is 12.6. The van der Waals surface area contributed by atoms with Gasteiger partial charge in [-0.1, -0.05) is 30.3 Å². The zero-order chi connectivity index (χ0) is 17.6. The van der Waals surface area contributed by atoms with Crippen LogP contribution in [0.2, 0.25) is 0 Å². The molecule has 1 amide bonds. The predicted molar refractivity (Wildman–Crippen MR) is 99.3 cm³/mol. The Kier molecular flexibility index (Phi) is 3.87. The van der Waals surface area contributed by atoms with Crippen molar-refractivity contribution in [3.63, 3.8) is 0 Å². The first-order valence-corrected chi connectivity index (χ1v) is 9.99. The summed E-state index contributed by atoms with van der Waals surface area (Å²) in [7, 11) is 0.